The van der Waals surface area contributed by atoms with Gasteiger partial charge in [0, 0.05) is 37.0 Å². The van der Waals surface area contributed by atoms with Gasteiger partial charge >= 0.3 is 5.97 Å². The van der Waals surface area contributed by atoms with E-state index in [1.165, 1.54) is 23.0 Å². The molecule has 3 heterocycles. The molecule has 0 spiro atoms. The third kappa shape index (κ3) is 4.88. The highest BCUT2D eigenvalue weighted by molar-refractivity contribution is 6.02. The average Bonchev–Trinajstić information content (AvgIpc) is 3.72. The van der Waals surface area contributed by atoms with Crippen LogP contribution in [0, 0.1) is 6.92 Å². The monoisotopic (exact) mass is 636 g/mol. The fourth-order valence-corrected chi connectivity index (χ4v) is 6.81. The van der Waals surface area contributed by atoms with Gasteiger partial charge in [-0.3, -0.25) is 19.3 Å². The average molecular weight is 637 g/mol. The van der Waals surface area contributed by atoms with E-state index >= 15 is 0 Å². The zero-order chi connectivity index (χ0) is 33.2. The second kappa shape index (κ2) is 11.2. The number of ketones is 1. The van der Waals surface area contributed by atoms with Crippen molar-refractivity contribution in [3.05, 3.63) is 99.1 Å². The van der Waals surface area contributed by atoms with E-state index in [4.69, 9.17) is 5.73 Å². The number of aliphatic hydroxyl groups excluding tert-OH is 1. The maximum absolute atomic E-state index is 13.5. The number of aliphatic hydroxyl groups is 1. The predicted molar refractivity (Wildman–Crippen MR) is 167 cm³/mol. The van der Waals surface area contributed by atoms with Crippen LogP contribution >= 0.6 is 0 Å². The number of benzene rings is 2. The molecular weight excluding hydrogens is 604 g/mol. The smallest absolute Gasteiger partial charge is 0.335 e. The van der Waals surface area contributed by atoms with Gasteiger partial charge in [0.2, 0.25) is 0 Å². The predicted octanol–water partition coefficient (Wildman–Crippen LogP) is 0.776. The number of nitrogens with one attached hydrogen (secondary N) is 2. The quantitative estimate of drug-likeness (QED) is 0.192. The van der Waals surface area contributed by atoms with Crippen molar-refractivity contribution in [3.8, 4) is 0 Å². The van der Waals surface area contributed by atoms with Crippen molar-refractivity contribution in [1.82, 2.24) is 35.1 Å². The zero-order valence-corrected chi connectivity index (χ0v) is 25.6. The van der Waals surface area contributed by atoms with E-state index in [1.807, 2.05) is 29.2 Å². The van der Waals surface area contributed by atoms with Crippen LogP contribution < -0.4 is 16.4 Å². The van der Waals surface area contributed by atoms with Crippen molar-refractivity contribution in [3.63, 3.8) is 0 Å². The second-order valence-corrected chi connectivity index (χ2v) is 12.3. The summed E-state index contributed by atoms with van der Waals surface area (Å²) >= 11 is 0. The first-order chi connectivity index (χ1) is 22.5. The summed E-state index contributed by atoms with van der Waals surface area (Å²) in [6.07, 6.45) is 3.11. The minimum Gasteiger partial charge on any atom is -0.478 e. The molecule has 2 aromatic heterocycles. The van der Waals surface area contributed by atoms with Crippen molar-refractivity contribution in [2.75, 3.05) is 6.54 Å². The number of aromatic nitrogens is 4. The number of hydrogen-bond donors (Lipinski definition) is 5. The van der Waals surface area contributed by atoms with Gasteiger partial charge in [0.25, 0.3) is 17.6 Å². The molecule has 2 aromatic carbocycles. The first kappa shape index (κ1) is 30.3. The van der Waals surface area contributed by atoms with Gasteiger partial charge in [-0.2, -0.15) is 14.6 Å². The van der Waals surface area contributed by atoms with Crippen LogP contribution in [0.1, 0.15) is 71.6 Å². The normalized spacial score (nSPS) is 21.9. The molecule has 0 saturated heterocycles. The maximum Gasteiger partial charge on any atom is 0.335 e. The van der Waals surface area contributed by atoms with Gasteiger partial charge in [-0.05, 0) is 60.6 Å². The lowest BCUT2D eigenvalue weighted by Crippen LogP contribution is -2.79. The number of amides is 2. The number of carbonyl (C=O) groups excluding carboxylic acids is 3. The van der Waals surface area contributed by atoms with Gasteiger partial charge in [0.05, 0.1) is 17.1 Å². The van der Waals surface area contributed by atoms with Crippen LogP contribution in [0.2, 0.25) is 0 Å². The van der Waals surface area contributed by atoms with E-state index in [9.17, 15) is 29.4 Å². The van der Waals surface area contributed by atoms with Crippen molar-refractivity contribution in [1.29, 1.82) is 0 Å². The summed E-state index contributed by atoms with van der Waals surface area (Å²) in [5.74, 6) is -2.27. The molecule has 2 amide bonds. The Balaban J connectivity index is 1.06. The Morgan fingerprint density at radius 1 is 1.13 bits per heavy atom. The molecule has 1 aliphatic heterocycles. The van der Waals surface area contributed by atoms with E-state index in [-0.39, 0.29) is 35.1 Å². The fourth-order valence-electron chi connectivity index (χ4n) is 6.81. The molecule has 14 nitrogen and oxygen atoms in total. The molecule has 240 valence electrons. The summed E-state index contributed by atoms with van der Waals surface area (Å²) < 4.78 is 1.24. The number of fused-ring (bicyclic) bond motifs is 3. The zero-order valence-electron chi connectivity index (χ0n) is 25.6. The SMILES string of the molecule is Cc1c(C(=O)O)ccc2c1CC=C2NC(=O)c1cc(C(=O)NCc2ccc3c(c2)CN(C2(C)C(=O)C(O)C2N)CC3)nc2ncnn12. The van der Waals surface area contributed by atoms with Crippen LogP contribution in [0.3, 0.4) is 0 Å². The van der Waals surface area contributed by atoms with Gasteiger partial charge in [0.15, 0.2) is 5.78 Å². The molecule has 2 aliphatic carbocycles. The van der Waals surface area contributed by atoms with Crippen LogP contribution in [0.15, 0.2) is 48.8 Å². The number of hydrogen-bond acceptors (Lipinski definition) is 10. The summed E-state index contributed by atoms with van der Waals surface area (Å²) in [6.45, 7) is 4.84. The van der Waals surface area contributed by atoms with E-state index < -0.39 is 35.5 Å². The van der Waals surface area contributed by atoms with Crippen molar-refractivity contribution < 1.29 is 29.4 Å². The standard InChI is InChI=1S/C33H32N8O6/c1-16-20-7-8-23(22(20)6-5-21(16)31(46)47)38-30(45)25-12-24(39-32-36-15-37-41(25)32)29(44)35-13-17-3-4-18-9-10-40(14-19(18)11-17)33(2)27(34)26(42)28(33)43/h3-6,8,11-12,15,26-27,42H,7,9-10,13-14,34H2,1-2H3,(H,35,44)(H,38,45)(H,46,47). The first-order valence-electron chi connectivity index (χ1n) is 15.2. The Kier molecular flexibility index (Phi) is 7.22. The molecule has 1 saturated carbocycles. The van der Waals surface area contributed by atoms with E-state index in [0.717, 1.165) is 34.2 Å². The summed E-state index contributed by atoms with van der Waals surface area (Å²) in [5, 5.41) is 29.2. The van der Waals surface area contributed by atoms with Gasteiger partial charge in [0.1, 0.15) is 23.8 Å². The Bertz CT molecular complexity index is 2050. The number of nitrogens with two attached hydrogens (primary N) is 1. The number of aromatic carboxylic acids is 1. The Morgan fingerprint density at radius 3 is 2.70 bits per heavy atom. The minimum atomic E-state index is -1.14. The number of carbonyl (C=O) groups is 4. The first-order valence-corrected chi connectivity index (χ1v) is 15.2. The van der Waals surface area contributed by atoms with E-state index in [1.54, 1.807) is 19.9 Å². The van der Waals surface area contributed by atoms with E-state index in [2.05, 4.69) is 25.7 Å². The number of carboxylic acid groups (broad SMARTS) is 1. The Labute approximate surface area is 268 Å². The Hall–Kier alpha value is -5.31. The molecule has 47 heavy (non-hydrogen) atoms. The number of carboxylic acids is 1. The number of nitrogens with zero attached hydrogens (tertiary/aromatic N) is 5. The van der Waals surface area contributed by atoms with Gasteiger partial charge < -0.3 is 26.6 Å². The number of rotatable bonds is 7. The molecule has 0 radical (unpaired) electrons. The molecule has 4 aromatic rings. The largest absolute Gasteiger partial charge is 0.478 e. The lowest BCUT2D eigenvalue weighted by atomic mass is 9.67. The maximum atomic E-state index is 13.5. The van der Waals surface area contributed by atoms with Crippen molar-refractivity contribution in [2.45, 2.75) is 57.5 Å². The fraction of sp³-hybridized carbons (Fsp3) is 0.303. The van der Waals surface area contributed by atoms with Crippen LogP contribution in [-0.4, -0.2) is 82.5 Å². The van der Waals surface area contributed by atoms with Crippen LogP contribution in [-0.2, 0) is 30.7 Å². The van der Waals surface area contributed by atoms with Crippen molar-refractivity contribution >= 4 is 35.0 Å². The van der Waals surface area contributed by atoms with Crippen LogP contribution in [0.5, 0.6) is 0 Å². The van der Waals surface area contributed by atoms with Crippen LogP contribution in [0.4, 0.5) is 0 Å². The highest BCUT2D eigenvalue weighted by atomic mass is 16.4. The highest BCUT2D eigenvalue weighted by Crippen LogP contribution is 2.37. The third-order valence-electron chi connectivity index (χ3n) is 9.74. The molecule has 14 heteroatoms. The molecule has 3 aliphatic rings. The molecular formula is C33H32N8O6. The molecule has 3 unspecified atom stereocenters. The molecule has 3 atom stereocenters. The highest BCUT2D eigenvalue weighted by Gasteiger charge is 2.60. The molecule has 0 bridgehead atoms. The van der Waals surface area contributed by atoms with Gasteiger partial charge in [-0.25, -0.2) is 9.78 Å². The van der Waals surface area contributed by atoms with Gasteiger partial charge in [-0.1, -0.05) is 30.3 Å². The lowest BCUT2D eigenvalue weighted by Gasteiger charge is -2.54. The summed E-state index contributed by atoms with van der Waals surface area (Å²) in [6, 6.07) is 9.81. The second-order valence-electron chi connectivity index (χ2n) is 12.3. The topological polar surface area (TPSA) is 205 Å². The molecule has 7 rings (SSSR count). The van der Waals surface area contributed by atoms with Gasteiger partial charge in [-0.15, -0.1) is 0 Å². The molecule has 1 fully saturated rings. The van der Waals surface area contributed by atoms with Crippen molar-refractivity contribution in [2.24, 2.45) is 5.73 Å². The number of allylic oxidation sites excluding steroid dienone is 1. The lowest BCUT2D eigenvalue weighted by molar-refractivity contribution is -0.162. The van der Waals surface area contributed by atoms with Crippen LogP contribution in [0.25, 0.3) is 11.5 Å². The molecule has 6 N–H and O–H groups in total. The summed E-state index contributed by atoms with van der Waals surface area (Å²) in [4.78, 5) is 61.3. The summed E-state index contributed by atoms with van der Waals surface area (Å²) in [7, 11) is 0. The third-order valence-corrected chi connectivity index (χ3v) is 9.74. The number of Topliss-reactive ketones (excluding diaryl/α,β-unsaturated/α-hetero) is 1. The minimum absolute atomic E-state index is 0.0218. The Morgan fingerprint density at radius 2 is 1.94 bits per heavy atom. The van der Waals surface area contributed by atoms with E-state index in [0.29, 0.717) is 30.8 Å². The summed E-state index contributed by atoms with van der Waals surface area (Å²) in [5.41, 5.74) is 11.2.